The Morgan fingerprint density at radius 3 is 2.18 bits per heavy atom. The normalized spacial score (nSPS) is 11.2. The minimum atomic E-state index is -3.88. The van der Waals surface area contributed by atoms with E-state index in [1.165, 1.54) is 28.6 Å². The van der Waals surface area contributed by atoms with Crippen molar-refractivity contribution in [3.63, 3.8) is 0 Å². The molecule has 3 nitrogen and oxygen atoms in total. The quantitative estimate of drug-likeness (QED) is 0.686. The Labute approximate surface area is 144 Å². The highest BCUT2D eigenvalue weighted by Gasteiger charge is 2.26. The van der Waals surface area contributed by atoms with Crippen LogP contribution in [0.4, 0.5) is 5.69 Å². The molecule has 7 heteroatoms. The van der Waals surface area contributed by atoms with Crippen molar-refractivity contribution in [2.45, 2.75) is 4.90 Å². The van der Waals surface area contributed by atoms with E-state index in [1.807, 2.05) is 0 Å². The third-order valence-corrected chi connectivity index (χ3v) is 5.63. The lowest BCUT2D eigenvalue weighted by Crippen LogP contribution is -2.31. The third-order valence-electron chi connectivity index (χ3n) is 2.87. The lowest BCUT2D eigenvalue weighted by molar-refractivity contribution is 0.593. The number of hydrogen-bond acceptors (Lipinski definition) is 2. The summed E-state index contributed by atoms with van der Waals surface area (Å²) in [5, 5.41) is 0.908. The number of hydrogen-bond donors (Lipinski definition) is 0. The Bertz CT molecular complexity index is 789. The summed E-state index contributed by atoms with van der Waals surface area (Å²) in [6, 6.07) is 10.8. The van der Waals surface area contributed by atoms with Crippen LogP contribution in [-0.4, -0.2) is 15.0 Å². The first-order chi connectivity index (χ1) is 10.4. The number of benzene rings is 2. The minimum absolute atomic E-state index is 0.0570. The van der Waals surface area contributed by atoms with Crippen molar-refractivity contribution in [3.05, 3.63) is 70.2 Å². The van der Waals surface area contributed by atoms with Gasteiger partial charge in [0.2, 0.25) is 0 Å². The fourth-order valence-corrected chi connectivity index (χ4v) is 4.16. The number of nitrogens with zero attached hydrogens (tertiary/aromatic N) is 1. The van der Waals surface area contributed by atoms with Gasteiger partial charge in [-0.2, -0.15) is 0 Å². The number of halogens is 3. The lowest BCUT2D eigenvalue weighted by atomic mass is 10.3. The maximum atomic E-state index is 12.9. The molecule has 0 heterocycles. The SMILES string of the molecule is C=CCN(c1ccc(Cl)cc1)S(=O)(=O)c1cc(Cl)ccc1Cl. The maximum Gasteiger partial charge on any atom is 0.266 e. The molecular formula is C15H12Cl3NO2S. The van der Waals surface area contributed by atoms with Crippen LogP contribution in [-0.2, 0) is 10.0 Å². The molecular weight excluding hydrogens is 365 g/mol. The molecule has 0 aliphatic carbocycles. The molecule has 0 spiro atoms. The van der Waals surface area contributed by atoms with E-state index in [1.54, 1.807) is 24.3 Å². The molecule has 0 radical (unpaired) electrons. The van der Waals surface area contributed by atoms with Crippen molar-refractivity contribution in [2.75, 3.05) is 10.8 Å². The Morgan fingerprint density at radius 1 is 1.00 bits per heavy atom. The van der Waals surface area contributed by atoms with E-state index < -0.39 is 10.0 Å². The molecule has 0 atom stereocenters. The molecule has 0 aliphatic heterocycles. The summed E-state index contributed by atoms with van der Waals surface area (Å²) in [6.45, 7) is 3.69. The standard InChI is InChI=1S/C15H12Cl3NO2S/c1-2-9-19(13-6-3-11(16)4-7-13)22(20,21)15-10-12(17)5-8-14(15)18/h2-8,10H,1,9H2. The molecule has 0 aromatic heterocycles. The zero-order valence-corrected chi connectivity index (χ0v) is 14.4. The van der Waals surface area contributed by atoms with Crippen molar-refractivity contribution in [2.24, 2.45) is 0 Å². The molecule has 0 N–H and O–H groups in total. The van der Waals surface area contributed by atoms with Crippen LogP contribution in [0.15, 0.2) is 60.0 Å². The van der Waals surface area contributed by atoms with E-state index in [9.17, 15) is 8.42 Å². The van der Waals surface area contributed by atoms with Crippen LogP contribution >= 0.6 is 34.8 Å². The van der Waals surface area contributed by atoms with Gasteiger partial charge in [-0.25, -0.2) is 8.42 Å². The monoisotopic (exact) mass is 375 g/mol. The molecule has 22 heavy (non-hydrogen) atoms. The van der Waals surface area contributed by atoms with E-state index >= 15 is 0 Å². The first kappa shape index (κ1) is 17.2. The highest BCUT2D eigenvalue weighted by Crippen LogP contribution is 2.31. The van der Waals surface area contributed by atoms with Crippen molar-refractivity contribution in [1.82, 2.24) is 0 Å². The van der Waals surface area contributed by atoms with Gasteiger partial charge in [-0.3, -0.25) is 4.31 Å². The van der Waals surface area contributed by atoms with Crippen LogP contribution in [0.3, 0.4) is 0 Å². The Morgan fingerprint density at radius 2 is 1.59 bits per heavy atom. The third kappa shape index (κ3) is 3.58. The molecule has 0 amide bonds. The summed E-state index contributed by atoms with van der Waals surface area (Å²) in [7, 11) is -3.88. The fourth-order valence-electron chi connectivity index (χ4n) is 1.86. The first-order valence-corrected chi connectivity index (χ1v) is 8.78. The summed E-state index contributed by atoms with van der Waals surface area (Å²) < 4.78 is 27.0. The molecule has 2 rings (SSSR count). The van der Waals surface area contributed by atoms with Gasteiger partial charge in [0.05, 0.1) is 17.3 Å². The summed E-state index contributed by atoms with van der Waals surface area (Å²) in [6.07, 6.45) is 1.49. The topological polar surface area (TPSA) is 37.4 Å². The van der Waals surface area contributed by atoms with Gasteiger partial charge < -0.3 is 0 Å². The predicted molar refractivity (Wildman–Crippen MR) is 92.6 cm³/mol. The van der Waals surface area contributed by atoms with Crippen LogP contribution in [0.5, 0.6) is 0 Å². The number of sulfonamides is 1. The minimum Gasteiger partial charge on any atom is -0.262 e. The molecule has 0 saturated heterocycles. The molecule has 2 aromatic rings. The van der Waals surface area contributed by atoms with Crippen molar-refractivity contribution in [3.8, 4) is 0 Å². The van der Waals surface area contributed by atoms with Gasteiger partial charge in [0.25, 0.3) is 10.0 Å². The summed E-state index contributed by atoms with van der Waals surface area (Å²) in [4.78, 5) is -0.0570. The molecule has 0 unspecified atom stereocenters. The second-order valence-electron chi connectivity index (χ2n) is 4.38. The van der Waals surface area contributed by atoms with Crippen LogP contribution in [0, 0.1) is 0 Å². The molecule has 0 fully saturated rings. The predicted octanol–water partition coefficient (Wildman–Crippen LogP) is 5.03. The van der Waals surface area contributed by atoms with Gasteiger partial charge in [0.15, 0.2) is 0 Å². The van der Waals surface area contributed by atoms with Gasteiger partial charge in [-0.05, 0) is 42.5 Å². The van der Waals surface area contributed by atoms with E-state index in [4.69, 9.17) is 34.8 Å². The largest absolute Gasteiger partial charge is 0.266 e. The molecule has 0 bridgehead atoms. The zero-order valence-electron chi connectivity index (χ0n) is 11.3. The van der Waals surface area contributed by atoms with Crippen LogP contribution in [0.25, 0.3) is 0 Å². The number of rotatable bonds is 5. The van der Waals surface area contributed by atoms with Gasteiger partial charge in [0.1, 0.15) is 4.90 Å². The van der Waals surface area contributed by atoms with Crippen molar-refractivity contribution >= 4 is 50.5 Å². The Hall–Kier alpha value is -1.20. The molecule has 2 aromatic carbocycles. The number of anilines is 1. The first-order valence-electron chi connectivity index (χ1n) is 6.20. The Balaban J connectivity index is 2.57. The van der Waals surface area contributed by atoms with Gasteiger partial charge >= 0.3 is 0 Å². The average Bonchev–Trinajstić information content (AvgIpc) is 2.48. The van der Waals surface area contributed by atoms with Crippen molar-refractivity contribution in [1.29, 1.82) is 0 Å². The summed E-state index contributed by atoms with van der Waals surface area (Å²) in [5.41, 5.74) is 0.459. The van der Waals surface area contributed by atoms with Gasteiger partial charge in [-0.1, -0.05) is 40.9 Å². The highest BCUT2D eigenvalue weighted by molar-refractivity contribution is 7.93. The lowest BCUT2D eigenvalue weighted by Gasteiger charge is -2.23. The second-order valence-corrected chi connectivity index (χ2v) is 7.49. The zero-order chi connectivity index (χ0) is 16.3. The van der Waals surface area contributed by atoms with E-state index in [2.05, 4.69) is 6.58 Å². The summed E-state index contributed by atoms with van der Waals surface area (Å²) >= 11 is 17.8. The molecule has 0 aliphatic rings. The van der Waals surface area contributed by atoms with Crippen LogP contribution in [0.2, 0.25) is 15.1 Å². The van der Waals surface area contributed by atoms with Gasteiger partial charge in [-0.15, -0.1) is 6.58 Å². The average molecular weight is 377 g/mol. The fraction of sp³-hybridized carbons (Fsp3) is 0.0667. The van der Waals surface area contributed by atoms with Crippen LogP contribution in [0.1, 0.15) is 0 Å². The van der Waals surface area contributed by atoms with E-state index in [0.717, 1.165) is 0 Å². The van der Waals surface area contributed by atoms with Crippen LogP contribution < -0.4 is 4.31 Å². The van der Waals surface area contributed by atoms with Crippen molar-refractivity contribution < 1.29 is 8.42 Å². The smallest absolute Gasteiger partial charge is 0.262 e. The molecule has 0 saturated carbocycles. The van der Waals surface area contributed by atoms with E-state index in [0.29, 0.717) is 10.7 Å². The maximum absolute atomic E-state index is 12.9. The second kappa shape index (κ2) is 6.92. The van der Waals surface area contributed by atoms with Gasteiger partial charge in [0, 0.05) is 10.0 Å². The molecule has 116 valence electrons. The summed E-state index contributed by atoms with van der Waals surface area (Å²) in [5.74, 6) is 0. The van der Waals surface area contributed by atoms with E-state index in [-0.39, 0.29) is 21.5 Å². The Kier molecular flexibility index (Phi) is 5.40. The highest BCUT2D eigenvalue weighted by atomic mass is 35.5.